The van der Waals surface area contributed by atoms with Crippen molar-refractivity contribution in [2.24, 2.45) is 0 Å². The molecule has 88 valence electrons. The Morgan fingerprint density at radius 1 is 1.12 bits per heavy atom. The standard InChI is InChI=1S/C12H11Cl2N3/c1-7-9(13)4-3-5-10(7)17-12-6-11(14)15-8(2)16-12/h3-6H,1-2H3,(H,15,16,17). The molecule has 1 N–H and O–H groups in total. The van der Waals surface area contributed by atoms with E-state index in [0.717, 1.165) is 11.3 Å². The molecule has 0 bridgehead atoms. The predicted molar refractivity (Wildman–Crippen MR) is 71.3 cm³/mol. The van der Waals surface area contributed by atoms with Crippen molar-refractivity contribution >= 4 is 34.7 Å². The number of hydrogen-bond donors (Lipinski definition) is 1. The van der Waals surface area contributed by atoms with Crippen molar-refractivity contribution in [2.75, 3.05) is 5.32 Å². The first-order valence-corrected chi connectivity index (χ1v) is 5.85. The van der Waals surface area contributed by atoms with E-state index >= 15 is 0 Å². The number of aryl methyl sites for hydroxylation is 1. The maximum atomic E-state index is 6.04. The lowest BCUT2D eigenvalue weighted by Gasteiger charge is -2.10. The van der Waals surface area contributed by atoms with Crippen LogP contribution in [-0.2, 0) is 0 Å². The molecule has 0 fully saturated rings. The number of rotatable bonds is 2. The molecular formula is C12H11Cl2N3. The van der Waals surface area contributed by atoms with Crippen LogP contribution in [0.5, 0.6) is 0 Å². The minimum Gasteiger partial charge on any atom is -0.340 e. The highest BCUT2D eigenvalue weighted by atomic mass is 35.5. The quantitative estimate of drug-likeness (QED) is 0.831. The fraction of sp³-hybridized carbons (Fsp3) is 0.167. The van der Waals surface area contributed by atoms with Gasteiger partial charge in [0.05, 0.1) is 0 Å². The highest BCUT2D eigenvalue weighted by molar-refractivity contribution is 6.31. The van der Waals surface area contributed by atoms with Gasteiger partial charge in [0.1, 0.15) is 16.8 Å². The molecule has 0 radical (unpaired) electrons. The van der Waals surface area contributed by atoms with Gasteiger partial charge in [-0.05, 0) is 31.5 Å². The van der Waals surface area contributed by atoms with Crippen LogP contribution >= 0.6 is 23.2 Å². The van der Waals surface area contributed by atoms with E-state index in [-0.39, 0.29) is 0 Å². The largest absolute Gasteiger partial charge is 0.340 e. The molecule has 5 heteroatoms. The Hall–Kier alpha value is -1.32. The van der Waals surface area contributed by atoms with Crippen LogP contribution < -0.4 is 5.32 Å². The summed E-state index contributed by atoms with van der Waals surface area (Å²) in [5, 5.41) is 4.31. The van der Waals surface area contributed by atoms with Crippen molar-refractivity contribution in [1.82, 2.24) is 9.97 Å². The topological polar surface area (TPSA) is 37.8 Å². The van der Waals surface area contributed by atoms with Gasteiger partial charge in [0.15, 0.2) is 0 Å². The van der Waals surface area contributed by atoms with E-state index in [1.165, 1.54) is 0 Å². The lowest BCUT2D eigenvalue weighted by Crippen LogP contribution is -1.98. The molecule has 1 heterocycles. The van der Waals surface area contributed by atoms with Gasteiger partial charge in [-0.25, -0.2) is 9.97 Å². The van der Waals surface area contributed by atoms with Crippen molar-refractivity contribution in [3.05, 3.63) is 45.8 Å². The Morgan fingerprint density at radius 2 is 1.88 bits per heavy atom. The molecular weight excluding hydrogens is 257 g/mol. The maximum absolute atomic E-state index is 6.04. The zero-order chi connectivity index (χ0) is 12.4. The Morgan fingerprint density at radius 3 is 2.59 bits per heavy atom. The lowest BCUT2D eigenvalue weighted by molar-refractivity contribution is 1.06. The van der Waals surface area contributed by atoms with Crippen molar-refractivity contribution in [3.8, 4) is 0 Å². The van der Waals surface area contributed by atoms with Crippen molar-refractivity contribution < 1.29 is 0 Å². The summed E-state index contributed by atoms with van der Waals surface area (Å²) in [6, 6.07) is 7.34. The van der Waals surface area contributed by atoms with Gasteiger partial charge in [-0.2, -0.15) is 0 Å². The lowest BCUT2D eigenvalue weighted by atomic mass is 10.2. The van der Waals surface area contributed by atoms with E-state index in [0.29, 0.717) is 21.8 Å². The predicted octanol–water partition coefficient (Wildman–Crippen LogP) is 4.14. The number of nitrogens with zero attached hydrogens (tertiary/aromatic N) is 2. The van der Waals surface area contributed by atoms with Crippen LogP contribution in [0.4, 0.5) is 11.5 Å². The second-order valence-corrected chi connectivity index (χ2v) is 4.45. The molecule has 0 aliphatic rings. The number of hydrogen-bond acceptors (Lipinski definition) is 3. The summed E-state index contributed by atoms with van der Waals surface area (Å²) in [6.07, 6.45) is 0. The zero-order valence-corrected chi connectivity index (χ0v) is 11.0. The summed E-state index contributed by atoms with van der Waals surface area (Å²) < 4.78 is 0. The van der Waals surface area contributed by atoms with Gasteiger partial charge >= 0.3 is 0 Å². The summed E-state index contributed by atoms with van der Waals surface area (Å²) >= 11 is 11.9. The molecule has 1 aromatic heterocycles. The monoisotopic (exact) mass is 267 g/mol. The van der Waals surface area contributed by atoms with E-state index in [9.17, 15) is 0 Å². The van der Waals surface area contributed by atoms with Crippen LogP contribution in [0, 0.1) is 13.8 Å². The van der Waals surface area contributed by atoms with Gasteiger partial charge in [-0.3, -0.25) is 0 Å². The molecule has 0 spiro atoms. The maximum Gasteiger partial charge on any atom is 0.135 e. The second-order valence-electron chi connectivity index (χ2n) is 3.66. The van der Waals surface area contributed by atoms with Crippen LogP contribution in [0.2, 0.25) is 10.2 Å². The van der Waals surface area contributed by atoms with Crippen molar-refractivity contribution in [2.45, 2.75) is 13.8 Å². The van der Waals surface area contributed by atoms with Crippen LogP contribution in [0.1, 0.15) is 11.4 Å². The van der Waals surface area contributed by atoms with E-state index < -0.39 is 0 Å². The molecule has 0 saturated heterocycles. The molecule has 0 aliphatic heterocycles. The number of aromatic nitrogens is 2. The molecule has 0 atom stereocenters. The molecule has 3 nitrogen and oxygen atoms in total. The van der Waals surface area contributed by atoms with Crippen LogP contribution in [0.3, 0.4) is 0 Å². The number of halogens is 2. The van der Waals surface area contributed by atoms with Crippen molar-refractivity contribution in [3.63, 3.8) is 0 Å². The first-order chi connectivity index (χ1) is 8.06. The number of benzene rings is 1. The van der Waals surface area contributed by atoms with Gasteiger partial charge in [-0.1, -0.05) is 29.3 Å². The zero-order valence-electron chi connectivity index (χ0n) is 9.46. The smallest absolute Gasteiger partial charge is 0.135 e. The molecule has 0 unspecified atom stereocenters. The summed E-state index contributed by atoms with van der Waals surface area (Å²) in [5.74, 6) is 1.28. The highest BCUT2D eigenvalue weighted by Crippen LogP contribution is 2.26. The molecule has 2 aromatic rings. The van der Waals surface area contributed by atoms with Gasteiger partial charge in [-0.15, -0.1) is 0 Å². The van der Waals surface area contributed by atoms with E-state index in [4.69, 9.17) is 23.2 Å². The van der Waals surface area contributed by atoms with Gasteiger partial charge in [0.25, 0.3) is 0 Å². The molecule has 17 heavy (non-hydrogen) atoms. The minimum atomic E-state index is 0.416. The third kappa shape index (κ3) is 2.87. The summed E-state index contributed by atoms with van der Waals surface area (Å²) in [6.45, 7) is 3.74. The Kier molecular flexibility index (Phi) is 3.50. The van der Waals surface area contributed by atoms with E-state index in [1.807, 2.05) is 25.1 Å². The normalized spacial score (nSPS) is 10.4. The Labute approximate surface area is 110 Å². The fourth-order valence-corrected chi connectivity index (χ4v) is 1.88. The SMILES string of the molecule is Cc1nc(Cl)cc(Nc2cccc(Cl)c2C)n1. The van der Waals surface area contributed by atoms with Crippen LogP contribution in [0.25, 0.3) is 0 Å². The molecule has 0 aliphatic carbocycles. The van der Waals surface area contributed by atoms with Gasteiger partial charge in [0, 0.05) is 16.8 Å². The summed E-state index contributed by atoms with van der Waals surface area (Å²) in [7, 11) is 0. The van der Waals surface area contributed by atoms with Crippen LogP contribution in [-0.4, -0.2) is 9.97 Å². The summed E-state index contributed by atoms with van der Waals surface area (Å²) in [4.78, 5) is 8.25. The molecule has 0 amide bonds. The molecule has 0 saturated carbocycles. The van der Waals surface area contributed by atoms with E-state index in [1.54, 1.807) is 13.0 Å². The molecule has 2 rings (SSSR count). The average Bonchev–Trinajstić information content (AvgIpc) is 2.23. The number of anilines is 2. The van der Waals surface area contributed by atoms with Crippen LogP contribution in [0.15, 0.2) is 24.3 Å². The highest BCUT2D eigenvalue weighted by Gasteiger charge is 2.04. The van der Waals surface area contributed by atoms with Crippen molar-refractivity contribution in [1.29, 1.82) is 0 Å². The third-order valence-electron chi connectivity index (χ3n) is 2.34. The Balaban J connectivity index is 2.34. The van der Waals surface area contributed by atoms with E-state index in [2.05, 4.69) is 15.3 Å². The second kappa shape index (κ2) is 4.90. The first kappa shape index (κ1) is 12.1. The number of nitrogens with one attached hydrogen (secondary N) is 1. The molecule has 1 aromatic carbocycles. The first-order valence-electron chi connectivity index (χ1n) is 5.09. The van der Waals surface area contributed by atoms with Gasteiger partial charge in [0.2, 0.25) is 0 Å². The fourth-order valence-electron chi connectivity index (χ4n) is 1.48. The minimum absolute atomic E-state index is 0.416. The summed E-state index contributed by atoms with van der Waals surface area (Å²) in [5.41, 5.74) is 1.88. The average molecular weight is 268 g/mol. The Bertz CT molecular complexity index is 535. The third-order valence-corrected chi connectivity index (χ3v) is 2.94. The van der Waals surface area contributed by atoms with Gasteiger partial charge < -0.3 is 5.32 Å².